The molecule has 1 aromatic rings. The number of carbonyl (C=O) groups is 2. The maximum Gasteiger partial charge on any atom is 0.259 e. The van der Waals surface area contributed by atoms with Crippen molar-refractivity contribution in [3.8, 4) is 0 Å². The van der Waals surface area contributed by atoms with Gasteiger partial charge in [-0.25, -0.2) is 0 Å². The Bertz CT molecular complexity index is 457. The number of hydrogen-bond acceptors (Lipinski definition) is 2. The molecule has 1 aliphatic rings. The molecule has 0 aliphatic carbocycles. The van der Waals surface area contributed by atoms with Crippen LogP contribution >= 0.6 is 15.9 Å². The van der Waals surface area contributed by atoms with Crippen LogP contribution in [0.5, 0.6) is 0 Å². The third-order valence-electron chi connectivity index (χ3n) is 2.93. The average Bonchev–Trinajstić information content (AvgIpc) is 2.62. The van der Waals surface area contributed by atoms with Gasteiger partial charge in [-0.05, 0) is 30.9 Å². The molecule has 3 nitrogen and oxygen atoms in total. The van der Waals surface area contributed by atoms with Crippen molar-refractivity contribution in [3.05, 3.63) is 34.9 Å². The van der Waals surface area contributed by atoms with Gasteiger partial charge in [-0.1, -0.05) is 34.5 Å². The maximum absolute atomic E-state index is 11.6. The molecule has 0 fully saturated rings. The number of alkyl halides is 1. The highest BCUT2D eigenvalue weighted by Gasteiger charge is 2.28. The topological polar surface area (TPSA) is 46.2 Å². The summed E-state index contributed by atoms with van der Waals surface area (Å²) in [6.45, 7) is 0. The normalized spacial score (nSPS) is 13.7. The number of unbranched alkanes of at least 4 members (excludes halogenated alkanes) is 2. The Morgan fingerprint density at radius 1 is 1.06 bits per heavy atom. The van der Waals surface area contributed by atoms with Crippen LogP contribution in [0.3, 0.4) is 0 Å². The summed E-state index contributed by atoms with van der Waals surface area (Å²) in [6.07, 6.45) is 4.17. The van der Waals surface area contributed by atoms with E-state index in [9.17, 15) is 9.59 Å². The molecule has 4 heteroatoms. The van der Waals surface area contributed by atoms with Crippen LogP contribution in [0.4, 0.5) is 0 Å². The number of halogens is 1. The van der Waals surface area contributed by atoms with E-state index in [2.05, 4.69) is 21.2 Å². The molecular weight excluding hydrogens is 282 g/mol. The van der Waals surface area contributed by atoms with Crippen LogP contribution in [0.2, 0.25) is 0 Å². The lowest BCUT2D eigenvalue weighted by atomic mass is 9.98. The van der Waals surface area contributed by atoms with Gasteiger partial charge in [0.2, 0.25) is 0 Å². The van der Waals surface area contributed by atoms with E-state index in [4.69, 9.17) is 0 Å². The summed E-state index contributed by atoms with van der Waals surface area (Å²) in [5.74, 6) is -0.520. The fourth-order valence-electron chi connectivity index (χ4n) is 2.09. The highest BCUT2D eigenvalue weighted by Crippen LogP contribution is 2.21. The number of fused-ring (bicyclic) bond motifs is 1. The summed E-state index contributed by atoms with van der Waals surface area (Å²) < 4.78 is 0. The lowest BCUT2D eigenvalue weighted by molar-refractivity contribution is 0.0879. The van der Waals surface area contributed by atoms with Crippen molar-refractivity contribution in [1.29, 1.82) is 0 Å². The molecule has 0 radical (unpaired) electrons. The Balaban J connectivity index is 2.14. The molecule has 2 amide bonds. The third-order valence-corrected chi connectivity index (χ3v) is 3.49. The molecule has 2 rings (SSSR count). The Labute approximate surface area is 109 Å². The predicted octanol–water partition coefficient (Wildman–Crippen LogP) is 2.68. The smallest absolute Gasteiger partial charge is 0.259 e. The molecule has 1 aliphatic heterocycles. The summed E-state index contributed by atoms with van der Waals surface area (Å²) in [7, 11) is 0. The monoisotopic (exact) mass is 295 g/mol. The van der Waals surface area contributed by atoms with Crippen LogP contribution in [0.1, 0.15) is 45.5 Å². The molecule has 0 atom stereocenters. The number of benzene rings is 1. The van der Waals surface area contributed by atoms with E-state index in [0.717, 1.165) is 36.6 Å². The number of rotatable bonds is 5. The molecule has 1 aromatic carbocycles. The quantitative estimate of drug-likeness (QED) is 0.516. The van der Waals surface area contributed by atoms with Gasteiger partial charge in [0.15, 0.2) is 0 Å². The predicted molar refractivity (Wildman–Crippen MR) is 69.6 cm³/mol. The van der Waals surface area contributed by atoms with Crippen LogP contribution in [0, 0.1) is 0 Å². The first-order chi connectivity index (χ1) is 8.24. The number of carbonyl (C=O) groups excluding carboxylic acids is 2. The third kappa shape index (κ3) is 2.57. The number of nitrogens with one attached hydrogen (secondary N) is 1. The number of hydrogen-bond donors (Lipinski definition) is 1. The van der Waals surface area contributed by atoms with Gasteiger partial charge < -0.3 is 0 Å². The minimum absolute atomic E-state index is 0.249. The molecule has 0 spiro atoms. The summed E-state index contributed by atoms with van der Waals surface area (Å²) in [5, 5.41) is 3.35. The van der Waals surface area contributed by atoms with Crippen LogP contribution < -0.4 is 5.32 Å². The Kier molecular flexibility index (Phi) is 3.94. The van der Waals surface area contributed by atoms with Crippen molar-refractivity contribution in [2.24, 2.45) is 0 Å². The zero-order valence-corrected chi connectivity index (χ0v) is 11.0. The molecule has 0 saturated carbocycles. The average molecular weight is 296 g/mol. The minimum atomic E-state index is -0.271. The molecule has 0 bridgehead atoms. The first-order valence-corrected chi connectivity index (χ1v) is 6.89. The van der Waals surface area contributed by atoms with Gasteiger partial charge in [0, 0.05) is 5.33 Å². The maximum atomic E-state index is 11.6. The van der Waals surface area contributed by atoms with Crippen molar-refractivity contribution in [2.45, 2.75) is 25.7 Å². The van der Waals surface area contributed by atoms with Crippen molar-refractivity contribution < 1.29 is 9.59 Å². The number of aryl methyl sites for hydroxylation is 1. The van der Waals surface area contributed by atoms with Crippen LogP contribution in [0.25, 0.3) is 0 Å². The molecule has 0 aromatic heterocycles. The standard InChI is InChI=1S/C13H14BrNO2/c14-8-3-1-2-5-9-6-4-7-10-11(9)13(17)15-12(10)16/h4,6-7H,1-3,5,8H2,(H,15,16,17). The van der Waals surface area contributed by atoms with Gasteiger partial charge in [0.25, 0.3) is 11.8 Å². The van der Waals surface area contributed by atoms with Crippen molar-refractivity contribution >= 4 is 27.7 Å². The van der Waals surface area contributed by atoms with Gasteiger partial charge in [0.1, 0.15) is 0 Å². The molecule has 0 unspecified atom stereocenters. The Morgan fingerprint density at radius 3 is 2.65 bits per heavy atom. The molecule has 90 valence electrons. The molecular formula is C13H14BrNO2. The van der Waals surface area contributed by atoms with E-state index < -0.39 is 0 Å². The molecule has 1 N–H and O–H groups in total. The highest BCUT2D eigenvalue weighted by molar-refractivity contribution is 9.09. The molecule has 17 heavy (non-hydrogen) atoms. The SMILES string of the molecule is O=C1NC(=O)c2c(CCCCCBr)cccc21. The first kappa shape index (κ1) is 12.3. The highest BCUT2D eigenvalue weighted by atomic mass is 79.9. The fraction of sp³-hybridized carbons (Fsp3) is 0.385. The van der Waals surface area contributed by atoms with E-state index in [1.54, 1.807) is 6.07 Å². The van der Waals surface area contributed by atoms with E-state index in [1.165, 1.54) is 0 Å². The van der Waals surface area contributed by atoms with Crippen molar-refractivity contribution in [3.63, 3.8) is 0 Å². The lowest BCUT2D eigenvalue weighted by Gasteiger charge is -2.05. The second kappa shape index (κ2) is 5.45. The van der Waals surface area contributed by atoms with Crippen LogP contribution in [0.15, 0.2) is 18.2 Å². The van der Waals surface area contributed by atoms with E-state index in [0.29, 0.717) is 11.1 Å². The number of amides is 2. The summed E-state index contributed by atoms with van der Waals surface area (Å²) in [4.78, 5) is 23.1. The fourth-order valence-corrected chi connectivity index (χ4v) is 2.48. The molecule has 0 saturated heterocycles. The summed E-state index contributed by atoms with van der Waals surface area (Å²) in [5.41, 5.74) is 2.09. The van der Waals surface area contributed by atoms with Gasteiger partial charge in [-0.2, -0.15) is 0 Å². The van der Waals surface area contributed by atoms with Gasteiger partial charge in [-0.15, -0.1) is 0 Å². The van der Waals surface area contributed by atoms with Crippen LogP contribution in [-0.4, -0.2) is 17.1 Å². The summed E-state index contributed by atoms with van der Waals surface area (Å²) >= 11 is 3.39. The van der Waals surface area contributed by atoms with E-state index >= 15 is 0 Å². The minimum Gasteiger partial charge on any atom is -0.288 e. The van der Waals surface area contributed by atoms with Gasteiger partial charge >= 0.3 is 0 Å². The van der Waals surface area contributed by atoms with Crippen molar-refractivity contribution in [1.82, 2.24) is 5.32 Å². The van der Waals surface area contributed by atoms with Gasteiger partial charge in [-0.3, -0.25) is 14.9 Å². The molecule has 1 heterocycles. The Hall–Kier alpha value is -1.16. The lowest BCUT2D eigenvalue weighted by Crippen LogP contribution is -2.20. The largest absolute Gasteiger partial charge is 0.288 e. The first-order valence-electron chi connectivity index (χ1n) is 5.77. The zero-order valence-electron chi connectivity index (χ0n) is 9.46. The second-order valence-corrected chi connectivity index (χ2v) is 4.92. The van der Waals surface area contributed by atoms with E-state index in [1.807, 2.05) is 12.1 Å². The zero-order chi connectivity index (χ0) is 12.3. The van der Waals surface area contributed by atoms with Crippen molar-refractivity contribution in [2.75, 3.05) is 5.33 Å². The Morgan fingerprint density at radius 2 is 1.88 bits per heavy atom. The second-order valence-electron chi connectivity index (χ2n) is 4.12. The van der Waals surface area contributed by atoms with E-state index in [-0.39, 0.29) is 11.8 Å². The van der Waals surface area contributed by atoms with Crippen LogP contribution in [-0.2, 0) is 6.42 Å². The summed E-state index contributed by atoms with van der Waals surface area (Å²) in [6, 6.07) is 5.49. The number of imide groups is 1. The van der Waals surface area contributed by atoms with Gasteiger partial charge in [0.05, 0.1) is 11.1 Å².